The first-order chi connectivity index (χ1) is 9.18. The number of nitrogens with one attached hydrogen (secondary N) is 1. The minimum Gasteiger partial charge on any atom is -0.382 e. The predicted octanol–water partition coefficient (Wildman–Crippen LogP) is 2.80. The van der Waals surface area contributed by atoms with Gasteiger partial charge in [-0.15, -0.1) is 0 Å². The van der Waals surface area contributed by atoms with E-state index in [0.717, 1.165) is 35.6 Å². The summed E-state index contributed by atoms with van der Waals surface area (Å²) < 4.78 is 23.0. The van der Waals surface area contributed by atoms with Crippen molar-refractivity contribution in [1.82, 2.24) is 0 Å². The average molecular weight is 296 g/mol. The molecule has 2 rings (SSSR count). The van der Waals surface area contributed by atoms with Crippen LogP contribution in [0.25, 0.3) is 0 Å². The number of hydrogen-bond acceptors (Lipinski definition) is 3. The van der Waals surface area contributed by atoms with Crippen molar-refractivity contribution < 1.29 is 8.42 Å². The summed E-state index contributed by atoms with van der Waals surface area (Å²) in [5.41, 5.74) is 2.92. The lowest BCUT2D eigenvalue weighted by Gasteiger charge is -2.39. The number of primary sulfonamides is 1. The lowest BCUT2D eigenvalue weighted by molar-refractivity contribution is 0.212. The predicted molar refractivity (Wildman–Crippen MR) is 82.3 cm³/mol. The third-order valence-electron chi connectivity index (χ3n) is 4.45. The van der Waals surface area contributed by atoms with Crippen LogP contribution < -0.4 is 10.5 Å². The lowest BCUT2D eigenvalue weighted by atomic mass is 9.73. The van der Waals surface area contributed by atoms with E-state index in [-0.39, 0.29) is 4.90 Å². The van der Waals surface area contributed by atoms with Gasteiger partial charge in [-0.1, -0.05) is 13.8 Å². The first-order valence-electron chi connectivity index (χ1n) is 7.09. The summed E-state index contributed by atoms with van der Waals surface area (Å²) in [5, 5.41) is 8.69. The largest absolute Gasteiger partial charge is 0.382 e. The van der Waals surface area contributed by atoms with Crippen LogP contribution in [0.3, 0.4) is 0 Å². The maximum absolute atomic E-state index is 11.5. The highest BCUT2D eigenvalue weighted by molar-refractivity contribution is 7.89. The number of anilines is 1. The Morgan fingerprint density at radius 2 is 1.85 bits per heavy atom. The minimum atomic E-state index is -3.65. The van der Waals surface area contributed by atoms with E-state index in [4.69, 9.17) is 5.14 Å². The van der Waals surface area contributed by atoms with E-state index in [9.17, 15) is 8.42 Å². The number of aryl methyl sites for hydroxylation is 1. The van der Waals surface area contributed by atoms with Crippen molar-refractivity contribution in [2.24, 2.45) is 17.0 Å². The van der Waals surface area contributed by atoms with Crippen molar-refractivity contribution in [2.75, 3.05) is 5.32 Å². The van der Waals surface area contributed by atoms with Crippen molar-refractivity contribution in [3.8, 4) is 0 Å². The van der Waals surface area contributed by atoms with Crippen LogP contribution in [-0.4, -0.2) is 14.5 Å². The highest BCUT2D eigenvalue weighted by atomic mass is 32.2. The average Bonchev–Trinajstić information content (AvgIpc) is 2.25. The Kier molecular flexibility index (Phi) is 4.12. The molecule has 20 heavy (non-hydrogen) atoms. The van der Waals surface area contributed by atoms with Gasteiger partial charge in [0, 0.05) is 11.7 Å². The molecule has 1 aromatic rings. The molecule has 0 aromatic heterocycles. The maximum Gasteiger partial charge on any atom is 0.238 e. The third kappa shape index (κ3) is 3.15. The SMILES string of the molecule is Cc1cc(S(N)(=O)=O)cc(NC2CC(C(C)C)C2)c1C. The lowest BCUT2D eigenvalue weighted by Crippen LogP contribution is -2.38. The van der Waals surface area contributed by atoms with Crippen LogP contribution in [0.4, 0.5) is 5.69 Å². The van der Waals surface area contributed by atoms with Crippen LogP contribution in [0.15, 0.2) is 17.0 Å². The molecule has 4 nitrogen and oxygen atoms in total. The molecule has 0 saturated heterocycles. The van der Waals surface area contributed by atoms with E-state index in [1.807, 2.05) is 13.8 Å². The fraction of sp³-hybridized carbons (Fsp3) is 0.600. The van der Waals surface area contributed by atoms with Crippen molar-refractivity contribution in [3.63, 3.8) is 0 Å². The molecular formula is C15H24N2O2S. The summed E-state index contributed by atoms with van der Waals surface area (Å²) in [7, 11) is -3.65. The van der Waals surface area contributed by atoms with Gasteiger partial charge < -0.3 is 5.32 Å². The second kappa shape index (κ2) is 5.37. The standard InChI is InChI=1S/C15H24N2O2S/c1-9(2)12-6-13(7-12)17-15-8-14(20(16,18)19)5-10(3)11(15)4/h5,8-9,12-13,17H,6-7H2,1-4H3,(H2,16,18,19). The summed E-state index contributed by atoms with van der Waals surface area (Å²) in [4.78, 5) is 0.183. The van der Waals surface area contributed by atoms with Gasteiger partial charge in [0.25, 0.3) is 0 Å². The molecule has 0 aliphatic heterocycles. The van der Waals surface area contributed by atoms with Crippen molar-refractivity contribution in [1.29, 1.82) is 0 Å². The van der Waals surface area contributed by atoms with Crippen molar-refractivity contribution in [3.05, 3.63) is 23.3 Å². The smallest absolute Gasteiger partial charge is 0.238 e. The zero-order valence-electron chi connectivity index (χ0n) is 12.6. The van der Waals surface area contributed by atoms with Gasteiger partial charge in [0.05, 0.1) is 4.90 Å². The third-order valence-corrected chi connectivity index (χ3v) is 5.34. The van der Waals surface area contributed by atoms with E-state index >= 15 is 0 Å². The first-order valence-corrected chi connectivity index (χ1v) is 8.63. The van der Waals surface area contributed by atoms with E-state index in [1.54, 1.807) is 12.1 Å². The fourth-order valence-electron chi connectivity index (χ4n) is 2.68. The molecule has 1 aliphatic rings. The summed E-state index contributed by atoms with van der Waals surface area (Å²) in [5.74, 6) is 1.49. The summed E-state index contributed by atoms with van der Waals surface area (Å²) in [6.07, 6.45) is 2.30. The van der Waals surface area contributed by atoms with Crippen LogP contribution in [0.5, 0.6) is 0 Å². The van der Waals surface area contributed by atoms with E-state index < -0.39 is 10.0 Å². The van der Waals surface area contributed by atoms with Gasteiger partial charge in [-0.25, -0.2) is 13.6 Å². The van der Waals surface area contributed by atoms with Gasteiger partial charge in [0.1, 0.15) is 0 Å². The molecule has 1 saturated carbocycles. The first kappa shape index (κ1) is 15.3. The Balaban J connectivity index is 2.18. The minimum absolute atomic E-state index is 0.183. The van der Waals surface area contributed by atoms with Crippen LogP contribution >= 0.6 is 0 Å². The number of sulfonamides is 1. The molecule has 0 bridgehead atoms. The molecule has 0 spiro atoms. The van der Waals surface area contributed by atoms with Gasteiger partial charge in [-0.2, -0.15) is 0 Å². The van der Waals surface area contributed by atoms with Gasteiger partial charge in [-0.05, 0) is 61.8 Å². The number of nitrogens with two attached hydrogens (primary N) is 1. The van der Waals surface area contributed by atoms with Gasteiger partial charge in [-0.3, -0.25) is 0 Å². The Labute approximate surface area is 121 Å². The normalized spacial score (nSPS) is 22.7. The van der Waals surface area contributed by atoms with E-state index in [0.29, 0.717) is 12.0 Å². The molecule has 0 amide bonds. The molecule has 1 aromatic carbocycles. The second-order valence-electron chi connectivity index (χ2n) is 6.27. The molecular weight excluding hydrogens is 272 g/mol. The monoisotopic (exact) mass is 296 g/mol. The second-order valence-corrected chi connectivity index (χ2v) is 7.84. The van der Waals surface area contributed by atoms with E-state index in [1.165, 1.54) is 0 Å². The molecule has 1 fully saturated rings. The number of hydrogen-bond donors (Lipinski definition) is 2. The van der Waals surface area contributed by atoms with Crippen LogP contribution in [0.2, 0.25) is 0 Å². The molecule has 1 aliphatic carbocycles. The Bertz CT molecular complexity index is 603. The van der Waals surface area contributed by atoms with Gasteiger partial charge in [0.15, 0.2) is 0 Å². The zero-order chi connectivity index (χ0) is 15.1. The molecule has 0 atom stereocenters. The van der Waals surface area contributed by atoms with E-state index in [2.05, 4.69) is 19.2 Å². The van der Waals surface area contributed by atoms with Crippen LogP contribution in [0, 0.1) is 25.7 Å². The van der Waals surface area contributed by atoms with Gasteiger partial charge >= 0.3 is 0 Å². The Morgan fingerprint density at radius 1 is 1.25 bits per heavy atom. The van der Waals surface area contributed by atoms with Crippen LogP contribution in [0.1, 0.15) is 37.8 Å². The fourth-order valence-corrected chi connectivity index (χ4v) is 3.31. The van der Waals surface area contributed by atoms with Crippen molar-refractivity contribution >= 4 is 15.7 Å². The topological polar surface area (TPSA) is 72.2 Å². The molecule has 0 unspecified atom stereocenters. The molecule has 0 radical (unpaired) electrons. The molecule has 0 heterocycles. The highest BCUT2D eigenvalue weighted by Gasteiger charge is 2.31. The zero-order valence-corrected chi connectivity index (χ0v) is 13.4. The van der Waals surface area contributed by atoms with Gasteiger partial charge in [0.2, 0.25) is 10.0 Å². The Morgan fingerprint density at radius 3 is 2.35 bits per heavy atom. The number of benzene rings is 1. The molecule has 5 heteroatoms. The van der Waals surface area contributed by atoms with Crippen molar-refractivity contribution in [2.45, 2.75) is 51.5 Å². The van der Waals surface area contributed by atoms with Crippen LogP contribution in [-0.2, 0) is 10.0 Å². The number of rotatable bonds is 4. The summed E-state index contributed by atoms with van der Waals surface area (Å²) in [6.45, 7) is 8.41. The molecule has 3 N–H and O–H groups in total. The molecule has 112 valence electrons. The highest BCUT2D eigenvalue weighted by Crippen LogP contribution is 2.36. The quantitative estimate of drug-likeness (QED) is 0.897. The summed E-state index contributed by atoms with van der Waals surface area (Å²) in [6, 6.07) is 3.73. The summed E-state index contributed by atoms with van der Waals surface area (Å²) >= 11 is 0. The maximum atomic E-state index is 11.5. The Hall–Kier alpha value is -1.07.